The minimum absolute atomic E-state index is 0.211. The van der Waals surface area contributed by atoms with Gasteiger partial charge in [-0.25, -0.2) is 0 Å². The maximum absolute atomic E-state index is 11.3. The highest BCUT2D eigenvalue weighted by Gasteiger charge is 2.28. The van der Waals surface area contributed by atoms with E-state index in [9.17, 15) is 13.2 Å². The van der Waals surface area contributed by atoms with Crippen LogP contribution in [0.5, 0.6) is 0 Å². The van der Waals surface area contributed by atoms with Crippen molar-refractivity contribution in [1.82, 2.24) is 0 Å². The summed E-state index contributed by atoms with van der Waals surface area (Å²) in [7, 11) is -0.750. The first kappa shape index (κ1) is 15.2. The summed E-state index contributed by atoms with van der Waals surface area (Å²) in [6.07, 6.45) is -2.28. The van der Waals surface area contributed by atoms with E-state index in [1.807, 2.05) is 6.92 Å². The summed E-state index contributed by atoms with van der Waals surface area (Å²) in [6, 6.07) is 0. The molecule has 0 amide bonds. The predicted molar refractivity (Wildman–Crippen MR) is 43.1 cm³/mol. The van der Waals surface area contributed by atoms with Gasteiger partial charge in [-0.05, 0) is 6.42 Å². The zero-order valence-electron chi connectivity index (χ0n) is 7.47. The number of alkyl halides is 3. The summed E-state index contributed by atoms with van der Waals surface area (Å²) >= 11 is 0. The van der Waals surface area contributed by atoms with Gasteiger partial charge in [-0.2, -0.15) is 0 Å². The molecular formula is C6H14BF3O3. The Morgan fingerprint density at radius 3 is 2.00 bits per heavy atom. The van der Waals surface area contributed by atoms with Crippen LogP contribution in [-0.4, -0.2) is 30.7 Å². The second kappa shape index (κ2) is 9.82. The van der Waals surface area contributed by atoms with Crippen molar-refractivity contribution in [2.45, 2.75) is 32.5 Å². The maximum atomic E-state index is 11.3. The van der Waals surface area contributed by atoms with Crippen molar-refractivity contribution in [3.8, 4) is 0 Å². The lowest BCUT2D eigenvalue weighted by molar-refractivity contribution is -0.324. The lowest BCUT2D eigenvalue weighted by Crippen LogP contribution is -2.13. The Morgan fingerprint density at radius 2 is 1.69 bits per heavy atom. The lowest BCUT2D eigenvalue weighted by Gasteiger charge is -2.05. The van der Waals surface area contributed by atoms with Crippen LogP contribution >= 0.6 is 0 Å². The molecule has 0 aliphatic rings. The Bertz CT molecular complexity index is 99.6. The average molecular weight is 202 g/mol. The van der Waals surface area contributed by atoms with Crippen LogP contribution in [0.4, 0.5) is 13.2 Å². The third-order valence-corrected chi connectivity index (χ3v) is 1.01. The van der Waals surface area contributed by atoms with E-state index in [4.69, 9.17) is 10.0 Å². The molecule has 0 radical (unpaired) electrons. The molecule has 0 rings (SSSR count). The fraction of sp³-hybridized carbons (Fsp3) is 1.00. The van der Waals surface area contributed by atoms with Crippen LogP contribution < -0.4 is 0 Å². The molecule has 13 heavy (non-hydrogen) atoms. The molecule has 0 aromatic rings. The average Bonchev–Trinajstić information content (AvgIpc) is 1.98. The van der Waals surface area contributed by atoms with Crippen LogP contribution in [0.1, 0.15) is 26.2 Å². The van der Waals surface area contributed by atoms with Crippen molar-refractivity contribution in [2.75, 3.05) is 6.61 Å². The van der Waals surface area contributed by atoms with Crippen molar-refractivity contribution in [3.63, 3.8) is 0 Å². The van der Waals surface area contributed by atoms with E-state index in [0.29, 0.717) is 6.42 Å². The molecule has 0 aromatic carbocycles. The van der Waals surface area contributed by atoms with Crippen LogP contribution in [-0.2, 0) is 4.74 Å². The third-order valence-electron chi connectivity index (χ3n) is 1.01. The van der Waals surface area contributed by atoms with Gasteiger partial charge in [-0.1, -0.05) is 19.8 Å². The van der Waals surface area contributed by atoms with Gasteiger partial charge in [-0.15, -0.1) is 13.2 Å². The minimum Gasteiger partial charge on any atom is -0.430 e. The van der Waals surface area contributed by atoms with E-state index < -0.39 is 14.0 Å². The van der Waals surface area contributed by atoms with E-state index in [1.165, 1.54) is 0 Å². The molecule has 0 bridgehead atoms. The van der Waals surface area contributed by atoms with Gasteiger partial charge in [0.25, 0.3) is 0 Å². The quantitative estimate of drug-likeness (QED) is 0.527. The van der Waals surface area contributed by atoms with Gasteiger partial charge < -0.3 is 10.0 Å². The Balaban J connectivity index is 0. The van der Waals surface area contributed by atoms with E-state index in [2.05, 4.69) is 4.74 Å². The van der Waals surface area contributed by atoms with Crippen molar-refractivity contribution in [1.29, 1.82) is 0 Å². The largest absolute Gasteiger partial charge is 0.522 e. The van der Waals surface area contributed by atoms with Gasteiger partial charge in [0.1, 0.15) is 0 Å². The molecule has 0 spiro atoms. The van der Waals surface area contributed by atoms with Crippen LogP contribution in [0.2, 0.25) is 0 Å². The van der Waals surface area contributed by atoms with Crippen molar-refractivity contribution in [2.24, 2.45) is 0 Å². The number of hydrogen-bond acceptors (Lipinski definition) is 3. The second-order valence-electron chi connectivity index (χ2n) is 2.14. The Labute approximate surface area is 75.8 Å². The smallest absolute Gasteiger partial charge is 0.430 e. The zero-order valence-corrected chi connectivity index (χ0v) is 7.47. The fourth-order valence-corrected chi connectivity index (χ4v) is 0.540. The SMILES string of the molecule is CCCCCOC(F)(F)F.OBO. The van der Waals surface area contributed by atoms with Crippen molar-refractivity contribution < 1.29 is 28.0 Å². The number of unbranched alkanes of at least 4 members (excludes halogenated alkanes) is 2. The standard InChI is InChI=1S/C6H11F3O.BH3O2/c1-2-3-4-5-10-6(7,8)9;2-1-3/h2-5H2,1H3;1-3H. The Kier molecular flexibility index (Phi) is 11.5. The van der Waals surface area contributed by atoms with Gasteiger partial charge in [0.15, 0.2) is 0 Å². The van der Waals surface area contributed by atoms with Gasteiger partial charge in [-0.3, -0.25) is 4.74 Å². The van der Waals surface area contributed by atoms with E-state index >= 15 is 0 Å². The molecule has 0 saturated heterocycles. The molecular weight excluding hydrogens is 188 g/mol. The number of ether oxygens (including phenoxy) is 1. The molecule has 0 saturated carbocycles. The number of rotatable bonds is 4. The number of halogens is 3. The molecule has 0 unspecified atom stereocenters. The van der Waals surface area contributed by atoms with E-state index in [-0.39, 0.29) is 6.61 Å². The summed E-state index contributed by atoms with van der Waals surface area (Å²) in [6.45, 7) is 1.71. The topological polar surface area (TPSA) is 49.7 Å². The Hall–Kier alpha value is -0.265. The van der Waals surface area contributed by atoms with Gasteiger partial charge in [0.2, 0.25) is 0 Å². The molecule has 2 N–H and O–H groups in total. The molecule has 0 heterocycles. The first-order valence-electron chi connectivity index (χ1n) is 3.90. The molecule has 3 nitrogen and oxygen atoms in total. The Morgan fingerprint density at radius 1 is 1.23 bits per heavy atom. The highest BCUT2D eigenvalue weighted by molar-refractivity contribution is 6.13. The summed E-state index contributed by atoms with van der Waals surface area (Å²) in [4.78, 5) is 0. The monoisotopic (exact) mass is 202 g/mol. The highest BCUT2D eigenvalue weighted by atomic mass is 19.4. The summed E-state index contributed by atoms with van der Waals surface area (Å²) < 4.78 is 37.3. The summed E-state index contributed by atoms with van der Waals surface area (Å²) in [5.74, 6) is 0. The predicted octanol–water partition coefficient (Wildman–Crippen LogP) is 0.950. The maximum Gasteiger partial charge on any atom is 0.522 e. The van der Waals surface area contributed by atoms with Gasteiger partial charge >= 0.3 is 14.0 Å². The van der Waals surface area contributed by atoms with Gasteiger partial charge in [0.05, 0.1) is 6.61 Å². The van der Waals surface area contributed by atoms with Crippen LogP contribution in [0.25, 0.3) is 0 Å². The van der Waals surface area contributed by atoms with Gasteiger partial charge in [0, 0.05) is 0 Å². The fourth-order valence-electron chi connectivity index (χ4n) is 0.540. The molecule has 0 aromatic heterocycles. The number of hydrogen-bond donors (Lipinski definition) is 2. The molecule has 7 heteroatoms. The third kappa shape index (κ3) is 24.5. The summed E-state index contributed by atoms with van der Waals surface area (Å²) in [5.41, 5.74) is 0. The second-order valence-corrected chi connectivity index (χ2v) is 2.14. The van der Waals surface area contributed by atoms with E-state index in [1.54, 1.807) is 0 Å². The minimum atomic E-state index is -4.45. The molecule has 0 aliphatic carbocycles. The molecule has 80 valence electrons. The normalized spacial score (nSPS) is 10.3. The first-order valence-corrected chi connectivity index (χ1v) is 3.90. The lowest BCUT2D eigenvalue weighted by atomic mass is 10.3. The van der Waals surface area contributed by atoms with Crippen LogP contribution in [0, 0.1) is 0 Å². The molecule has 0 fully saturated rings. The van der Waals surface area contributed by atoms with Crippen molar-refractivity contribution >= 4 is 7.69 Å². The van der Waals surface area contributed by atoms with Crippen LogP contribution in [0.3, 0.4) is 0 Å². The van der Waals surface area contributed by atoms with E-state index in [0.717, 1.165) is 12.8 Å². The zero-order chi connectivity index (χ0) is 10.7. The van der Waals surface area contributed by atoms with Crippen LogP contribution in [0.15, 0.2) is 0 Å². The molecule has 0 atom stereocenters. The van der Waals surface area contributed by atoms with Crippen molar-refractivity contribution in [3.05, 3.63) is 0 Å². The molecule has 0 aliphatic heterocycles. The summed E-state index contributed by atoms with van der Waals surface area (Å²) in [5, 5.41) is 14.2. The first-order chi connectivity index (χ1) is 5.97. The highest BCUT2D eigenvalue weighted by Crippen LogP contribution is 2.16.